The summed E-state index contributed by atoms with van der Waals surface area (Å²) in [5, 5.41) is 9.50. The van der Waals surface area contributed by atoms with Crippen molar-refractivity contribution >= 4 is 59.3 Å². The highest BCUT2D eigenvalue weighted by atomic mass is 19.1. The normalized spacial score (nSPS) is 11.5. The van der Waals surface area contributed by atoms with Gasteiger partial charge in [-0.25, -0.2) is 8.78 Å². The van der Waals surface area contributed by atoms with Crippen LogP contribution in [-0.4, -0.2) is 97.6 Å². The van der Waals surface area contributed by atoms with Gasteiger partial charge in [-0.1, -0.05) is 99.3 Å². The van der Waals surface area contributed by atoms with Crippen LogP contribution in [-0.2, 0) is 47.8 Å². The number of hydrogen-bond acceptors (Lipinski definition) is 12. The van der Waals surface area contributed by atoms with Crippen molar-refractivity contribution in [3.05, 3.63) is 84.2 Å². The summed E-state index contributed by atoms with van der Waals surface area (Å²) in [5.74, 6) is -5.82. The molecule has 0 aliphatic heterocycles. The number of carbonyl (C=O) groups excluding carboxylic acids is 8. The number of methoxy groups -OCH3 is 2. The van der Waals surface area contributed by atoms with Gasteiger partial charge < -0.3 is 40.3 Å². The molecule has 0 aliphatic carbocycles. The fourth-order valence-corrected chi connectivity index (χ4v) is 4.43. The van der Waals surface area contributed by atoms with Gasteiger partial charge in [0.15, 0.2) is 23.2 Å². The second-order valence-electron chi connectivity index (χ2n) is 15.7. The molecule has 2 rings (SSSR count). The number of ketones is 2. The first-order valence-corrected chi connectivity index (χ1v) is 23.0. The number of nitrogens with zero attached hydrogens (tertiary/aromatic N) is 1. The molecule has 18 heteroatoms. The summed E-state index contributed by atoms with van der Waals surface area (Å²) >= 11 is 0. The Kier molecular flexibility index (Phi) is 41.4. The van der Waals surface area contributed by atoms with Crippen molar-refractivity contribution in [3.8, 4) is 5.75 Å². The molecule has 0 fully saturated rings. The largest absolute Gasteiger partial charge is 0.488 e. The third-order valence-electron chi connectivity index (χ3n) is 8.93. The fourth-order valence-electron chi connectivity index (χ4n) is 4.43. The molecule has 0 saturated carbocycles. The Labute approximate surface area is 415 Å². The van der Waals surface area contributed by atoms with Crippen LogP contribution in [0, 0.1) is 29.4 Å². The number of benzene rings is 1. The Morgan fingerprint density at radius 1 is 0.757 bits per heavy atom. The van der Waals surface area contributed by atoms with Crippen molar-refractivity contribution in [2.24, 2.45) is 17.8 Å². The Hall–Kier alpha value is -6.59. The summed E-state index contributed by atoms with van der Waals surface area (Å²) in [7, 11) is 2.27. The van der Waals surface area contributed by atoms with Gasteiger partial charge >= 0.3 is 11.9 Å². The smallest absolute Gasteiger partial charge is 0.308 e. The monoisotopic (exact) mass is 990 g/mol. The first-order valence-electron chi connectivity index (χ1n) is 23.0. The molecule has 4 N–H and O–H groups in total. The summed E-state index contributed by atoms with van der Waals surface area (Å²) in [4.78, 5) is 98.9. The molecule has 394 valence electrons. The summed E-state index contributed by atoms with van der Waals surface area (Å²) in [6, 6.07) is 3.88. The van der Waals surface area contributed by atoms with Crippen molar-refractivity contribution in [2.45, 2.75) is 134 Å². The minimum atomic E-state index is -1.28. The predicted octanol–water partition coefficient (Wildman–Crippen LogP) is 7.94. The number of halogens is 2. The molecule has 70 heavy (non-hydrogen) atoms. The Morgan fingerprint density at radius 2 is 1.24 bits per heavy atom. The highest BCUT2D eigenvalue weighted by molar-refractivity contribution is 6.03. The zero-order valence-electron chi connectivity index (χ0n) is 44.3. The fraction of sp³-hybridized carbons (Fsp3) is 0.519. The Morgan fingerprint density at radius 3 is 1.66 bits per heavy atom. The zero-order valence-corrected chi connectivity index (χ0v) is 44.3. The number of para-hydroxylation sites is 1. The molecule has 2 unspecified atom stereocenters. The molecule has 0 bridgehead atoms. The van der Waals surface area contributed by atoms with E-state index in [1.54, 1.807) is 20.0 Å². The Balaban J connectivity index is -0.000000523. The summed E-state index contributed by atoms with van der Waals surface area (Å²) in [5.41, 5.74) is 2.17. The van der Waals surface area contributed by atoms with Gasteiger partial charge in [-0.3, -0.25) is 38.5 Å². The number of Topliss-reactive ketones (excluding diaryl/α,β-unsaturated/α-hetero) is 2. The van der Waals surface area contributed by atoms with Crippen molar-refractivity contribution < 1.29 is 61.3 Å². The lowest BCUT2D eigenvalue weighted by molar-refractivity contribution is -0.144. The lowest BCUT2D eigenvalue weighted by Gasteiger charge is -2.22. The second kappa shape index (κ2) is 41.4. The number of ether oxygens (including phenoxy) is 3. The second-order valence-corrected chi connectivity index (χ2v) is 15.7. The van der Waals surface area contributed by atoms with Crippen LogP contribution in [0.4, 0.5) is 8.78 Å². The summed E-state index contributed by atoms with van der Waals surface area (Å²) < 4.78 is 39.2. The first-order chi connectivity index (χ1) is 32.8. The van der Waals surface area contributed by atoms with E-state index in [-0.39, 0.29) is 29.6 Å². The number of pyridine rings is 1. The van der Waals surface area contributed by atoms with Crippen LogP contribution < -0.4 is 26.0 Å². The van der Waals surface area contributed by atoms with Gasteiger partial charge in [0.1, 0.15) is 23.9 Å². The number of hydrogen-bond donors (Lipinski definition) is 4. The van der Waals surface area contributed by atoms with E-state index in [0.717, 1.165) is 43.5 Å². The average Bonchev–Trinajstić information content (AvgIpc) is 3.31. The molecule has 0 spiro atoms. The number of amides is 4. The molecular weight excluding hydrogens is 909 g/mol. The van der Waals surface area contributed by atoms with E-state index in [9.17, 15) is 47.1 Å². The molecule has 1 heterocycles. The Bertz CT molecular complexity index is 1950. The summed E-state index contributed by atoms with van der Waals surface area (Å²) in [6.07, 6.45) is 7.96. The number of nitrogens with one attached hydrogen (secondary N) is 4. The number of rotatable bonds is 20. The minimum Gasteiger partial charge on any atom is -0.488 e. The third-order valence-corrected chi connectivity index (χ3v) is 8.93. The topological polar surface area (TPSA) is 225 Å². The first kappa shape index (κ1) is 70.0. The number of allylic oxidation sites excluding steroid dienone is 1. The highest BCUT2D eigenvalue weighted by Crippen LogP contribution is 2.20. The third kappa shape index (κ3) is 33.8. The van der Waals surface area contributed by atoms with Crippen LogP contribution in [0.15, 0.2) is 61.3 Å². The van der Waals surface area contributed by atoms with Crippen LogP contribution in [0.2, 0.25) is 0 Å². The quantitative estimate of drug-likeness (QED) is 0.0733. The molecule has 4 amide bonds. The molecule has 1 aromatic heterocycles. The van der Waals surface area contributed by atoms with Crippen molar-refractivity contribution in [2.75, 3.05) is 27.4 Å². The molecule has 0 saturated heterocycles. The van der Waals surface area contributed by atoms with E-state index in [2.05, 4.69) is 69.7 Å². The maximum Gasteiger partial charge on any atom is 0.308 e. The maximum atomic E-state index is 12.7. The van der Waals surface area contributed by atoms with E-state index >= 15 is 0 Å². The van der Waals surface area contributed by atoms with Gasteiger partial charge in [0.05, 0.1) is 45.9 Å². The van der Waals surface area contributed by atoms with Crippen LogP contribution in [0.3, 0.4) is 0 Å². The number of carbonyl (C=O) groups is 8. The molecule has 0 radical (unpaired) electrons. The van der Waals surface area contributed by atoms with Gasteiger partial charge in [-0.05, 0) is 88.8 Å². The SMILES string of the molecule is C=C(C)C(=O)[C@H](CC(=O)OC)NC(=O)C(C)NC(=O)CNC(=O)C(CC(=O)OC)NC(=O)[C@@H](C)C(C)C.C=Cc1cccnc1/C=C\C.CC.CC(C)=O.CCC(C)C.CCOc1c(F)cccc1F. The molecule has 1 aromatic carbocycles. The van der Waals surface area contributed by atoms with Gasteiger partial charge in [-0.2, -0.15) is 0 Å². The average molecular weight is 990 g/mol. The maximum absolute atomic E-state index is 12.7. The van der Waals surface area contributed by atoms with Crippen molar-refractivity contribution in [3.63, 3.8) is 0 Å². The van der Waals surface area contributed by atoms with Gasteiger partial charge in [0.25, 0.3) is 0 Å². The molecular formula is C52H81F2N5O11. The van der Waals surface area contributed by atoms with E-state index in [1.807, 2.05) is 65.0 Å². The van der Waals surface area contributed by atoms with E-state index in [0.29, 0.717) is 0 Å². The number of esters is 2. The zero-order chi connectivity index (χ0) is 55.1. The summed E-state index contributed by atoms with van der Waals surface area (Å²) in [6.45, 7) is 32.3. The van der Waals surface area contributed by atoms with E-state index < -0.39 is 96.4 Å². The standard InChI is InChI=1S/C24H38N4O9.C10H11N.C8H8F2O.C5H12.C3H6O.C2H6/c1-12(2)14(5)22(33)28-17(10-20(31)37-8)24(35)25-11-18(29)26-15(6)23(34)27-16(9-19(30)36-7)21(32)13(3)4;1-3-6-10-9(4-2)7-5-8-11-10;1-2-11-8-6(9)4-3-5-7(8)10;1-4-5(2)3;1-3(2)4;1-2/h12,14-17H,3,9-11H2,1-2,4-8H3,(H,25,35)(H,26,29)(H,27,34)(H,28,33);3-8H,2H2,1H3;3-5H,2H2,1H3;5H,4H2,1-3H3;1-2H3;1-2H3/b;6-3-;;;;/t14-,15?,16-,17?;;;;;/m0...../s1. The molecule has 0 aliphatic rings. The van der Waals surface area contributed by atoms with Gasteiger partial charge in [0.2, 0.25) is 23.6 Å². The van der Waals surface area contributed by atoms with E-state index in [4.69, 9.17) is 4.74 Å². The molecule has 16 nitrogen and oxygen atoms in total. The van der Waals surface area contributed by atoms with Crippen molar-refractivity contribution in [1.82, 2.24) is 26.3 Å². The van der Waals surface area contributed by atoms with Crippen molar-refractivity contribution in [1.29, 1.82) is 0 Å². The van der Waals surface area contributed by atoms with Crippen LogP contribution in [0.1, 0.15) is 127 Å². The van der Waals surface area contributed by atoms with Gasteiger partial charge in [0, 0.05) is 12.1 Å². The van der Waals surface area contributed by atoms with Gasteiger partial charge in [-0.15, -0.1) is 0 Å². The van der Waals surface area contributed by atoms with E-state index in [1.165, 1.54) is 40.2 Å². The highest BCUT2D eigenvalue weighted by Gasteiger charge is 2.29. The van der Waals surface area contributed by atoms with Crippen LogP contribution >= 0.6 is 0 Å². The van der Waals surface area contributed by atoms with Crippen LogP contribution in [0.25, 0.3) is 12.2 Å². The number of aromatic nitrogens is 1. The minimum absolute atomic E-state index is 0.0156. The lowest BCUT2D eigenvalue weighted by Crippen LogP contribution is -2.54. The molecule has 4 atom stereocenters. The predicted molar refractivity (Wildman–Crippen MR) is 271 cm³/mol. The molecule has 2 aromatic rings. The lowest BCUT2D eigenvalue weighted by atomic mass is 9.96. The van der Waals surface area contributed by atoms with Crippen LogP contribution in [0.5, 0.6) is 5.75 Å².